The van der Waals surface area contributed by atoms with Crippen molar-refractivity contribution in [2.24, 2.45) is 4.99 Å². The second kappa shape index (κ2) is 11.6. The van der Waals surface area contributed by atoms with Gasteiger partial charge < -0.3 is 14.4 Å². The second-order valence-corrected chi connectivity index (χ2v) is 12.2. The van der Waals surface area contributed by atoms with Crippen molar-refractivity contribution in [3.63, 3.8) is 0 Å². The van der Waals surface area contributed by atoms with E-state index in [4.69, 9.17) is 37.7 Å². The van der Waals surface area contributed by atoms with Gasteiger partial charge in [-0.3, -0.25) is 14.7 Å². The topological polar surface area (TPSA) is 71.4 Å². The fraction of sp³-hybridized carbons (Fsp3) is 0.364. The van der Waals surface area contributed by atoms with Crippen LogP contribution in [0.4, 0.5) is 4.79 Å². The first-order valence-electron chi connectivity index (χ1n) is 14.1. The highest BCUT2D eigenvalue weighted by Crippen LogP contribution is 2.54. The van der Waals surface area contributed by atoms with Gasteiger partial charge in [0.1, 0.15) is 28.4 Å². The van der Waals surface area contributed by atoms with Crippen molar-refractivity contribution in [3.8, 4) is 11.5 Å². The number of rotatable bonds is 6. The lowest BCUT2D eigenvalue weighted by Crippen LogP contribution is -2.59. The summed E-state index contributed by atoms with van der Waals surface area (Å²) in [6.07, 6.45) is 0.931. The first-order valence-corrected chi connectivity index (χ1v) is 14.8. The van der Waals surface area contributed by atoms with Crippen LogP contribution in [0, 0.1) is 0 Å². The Morgan fingerprint density at radius 2 is 1.57 bits per heavy atom. The van der Waals surface area contributed by atoms with Crippen LogP contribution >= 0.6 is 23.2 Å². The van der Waals surface area contributed by atoms with Gasteiger partial charge in [-0.05, 0) is 81.6 Å². The molecular formula is C33H35Cl2N3O4. The number of ketones is 1. The Bertz CT molecular complexity index is 1520. The molecule has 1 fully saturated rings. The van der Waals surface area contributed by atoms with E-state index >= 15 is 0 Å². The third-order valence-electron chi connectivity index (χ3n) is 8.25. The average Bonchev–Trinajstić information content (AvgIpc) is 3.21. The van der Waals surface area contributed by atoms with Crippen molar-refractivity contribution in [1.29, 1.82) is 0 Å². The molecule has 2 heterocycles. The predicted molar refractivity (Wildman–Crippen MR) is 166 cm³/mol. The van der Waals surface area contributed by atoms with Gasteiger partial charge in [0.05, 0.1) is 25.3 Å². The summed E-state index contributed by atoms with van der Waals surface area (Å²) in [5.74, 6) is 1.63. The number of methoxy groups -OCH3 is 1. The molecule has 3 aromatic carbocycles. The molecule has 9 heteroatoms. The number of Topliss-reactive ketones (excluding diaryl/α,β-unsaturated/α-hetero) is 1. The maximum atomic E-state index is 14.7. The van der Waals surface area contributed by atoms with Crippen LogP contribution in [0.1, 0.15) is 57.2 Å². The lowest BCUT2D eigenvalue weighted by Gasteiger charge is -2.47. The quantitative estimate of drug-likeness (QED) is 0.291. The number of ether oxygens (including phenoxy) is 2. The minimum absolute atomic E-state index is 0.0363. The summed E-state index contributed by atoms with van der Waals surface area (Å²) in [7, 11) is 1.60. The van der Waals surface area contributed by atoms with E-state index in [0.717, 1.165) is 11.1 Å². The Kier molecular flexibility index (Phi) is 8.28. The molecule has 0 radical (unpaired) electrons. The van der Waals surface area contributed by atoms with Crippen LogP contribution in [0.3, 0.4) is 0 Å². The van der Waals surface area contributed by atoms with E-state index in [1.807, 2.05) is 94.4 Å². The van der Waals surface area contributed by atoms with E-state index in [1.165, 1.54) is 0 Å². The largest absolute Gasteiger partial charge is 0.497 e. The number of likely N-dealkylation sites (tertiary alicyclic amines) is 1. The van der Waals surface area contributed by atoms with Crippen LogP contribution in [0.5, 0.6) is 11.5 Å². The van der Waals surface area contributed by atoms with Gasteiger partial charge in [-0.25, -0.2) is 4.79 Å². The van der Waals surface area contributed by atoms with E-state index in [0.29, 0.717) is 52.3 Å². The molecule has 0 aliphatic carbocycles. The fourth-order valence-electron chi connectivity index (χ4n) is 5.88. The molecule has 1 saturated heterocycles. The summed E-state index contributed by atoms with van der Waals surface area (Å²) in [4.78, 5) is 36.0. The van der Waals surface area contributed by atoms with Crippen LogP contribution in [-0.2, 0) is 15.9 Å². The smallest absolute Gasteiger partial charge is 0.326 e. The molecule has 42 heavy (non-hydrogen) atoms. The van der Waals surface area contributed by atoms with Gasteiger partial charge in [0, 0.05) is 29.1 Å². The molecule has 5 rings (SSSR count). The third kappa shape index (κ3) is 5.25. The number of piperidine rings is 1. The van der Waals surface area contributed by atoms with Crippen molar-refractivity contribution in [2.45, 2.75) is 57.7 Å². The molecule has 7 nitrogen and oxygen atoms in total. The molecule has 2 atom stereocenters. The Morgan fingerprint density at radius 3 is 2.14 bits per heavy atom. The Balaban J connectivity index is 1.81. The van der Waals surface area contributed by atoms with Crippen molar-refractivity contribution in [3.05, 3.63) is 93.5 Å². The molecule has 0 bridgehead atoms. The number of nitrogens with zero attached hydrogens (tertiary/aromatic N) is 3. The summed E-state index contributed by atoms with van der Waals surface area (Å²) < 4.78 is 11.8. The molecule has 0 unspecified atom stereocenters. The lowest BCUT2D eigenvalue weighted by molar-refractivity contribution is -0.121. The summed E-state index contributed by atoms with van der Waals surface area (Å²) in [5.41, 5.74) is 0.309. The maximum Gasteiger partial charge on any atom is 0.326 e. The third-order valence-corrected chi connectivity index (χ3v) is 8.76. The monoisotopic (exact) mass is 607 g/mol. The number of benzene rings is 3. The van der Waals surface area contributed by atoms with Crippen LogP contribution in [0.15, 0.2) is 71.7 Å². The molecule has 2 aliphatic heterocycles. The number of halogens is 2. The van der Waals surface area contributed by atoms with Gasteiger partial charge in [-0.2, -0.15) is 0 Å². The van der Waals surface area contributed by atoms with Gasteiger partial charge >= 0.3 is 6.03 Å². The highest BCUT2D eigenvalue weighted by molar-refractivity contribution is 6.30. The summed E-state index contributed by atoms with van der Waals surface area (Å²) in [6, 6.07) is 20.2. The van der Waals surface area contributed by atoms with Gasteiger partial charge in [0.2, 0.25) is 0 Å². The first kappa shape index (κ1) is 29.9. The zero-order valence-electron chi connectivity index (χ0n) is 24.5. The number of carbonyl (C=O) groups is 2. The minimum Gasteiger partial charge on any atom is -0.497 e. The zero-order chi connectivity index (χ0) is 30.2. The molecule has 0 N–H and O–H groups in total. The standard InChI is InChI=1S/C33H35Cl2N3O4/c1-21(2)42-29-19-27(41-5)16-17-28(29)30-36-32(3,22-8-12-24(34)13-9-22)33(4,23-10-14-25(35)15-11-23)38(30)31(40)37-18-6-7-26(39)20-37/h8-17,19,21H,6-7,18,20H2,1-5H3/t32-,33+/m0/s1. The van der Waals surface area contributed by atoms with Crippen molar-refractivity contribution in [2.75, 3.05) is 20.2 Å². The normalized spacial score (nSPS) is 22.4. The Hall–Kier alpha value is -3.55. The van der Waals surface area contributed by atoms with Crippen LogP contribution in [0.2, 0.25) is 10.0 Å². The Morgan fingerprint density at radius 1 is 0.952 bits per heavy atom. The molecule has 0 spiro atoms. The average molecular weight is 609 g/mol. The molecule has 0 saturated carbocycles. The second-order valence-electron chi connectivity index (χ2n) is 11.3. The first-order chi connectivity index (χ1) is 20.0. The van der Waals surface area contributed by atoms with Gasteiger partial charge in [-0.15, -0.1) is 0 Å². The summed E-state index contributed by atoms with van der Waals surface area (Å²) >= 11 is 12.6. The highest BCUT2D eigenvalue weighted by Gasteiger charge is 2.60. The molecule has 2 aliphatic rings. The molecular weight excluding hydrogens is 573 g/mol. The van der Waals surface area contributed by atoms with E-state index in [-0.39, 0.29) is 24.5 Å². The van der Waals surface area contributed by atoms with Crippen LogP contribution in [0.25, 0.3) is 0 Å². The SMILES string of the molecule is COc1ccc(C2=N[C@@](C)(c3ccc(Cl)cc3)[C@@](C)(c3ccc(Cl)cc3)N2C(=O)N2CCCC(=O)C2)c(OC(C)C)c1. The predicted octanol–water partition coefficient (Wildman–Crippen LogP) is 7.47. The van der Waals surface area contributed by atoms with E-state index < -0.39 is 11.1 Å². The lowest BCUT2D eigenvalue weighted by atomic mass is 9.71. The van der Waals surface area contributed by atoms with E-state index in [2.05, 4.69) is 0 Å². The number of carbonyl (C=O) groups excluding carboxylic acids is 2. The van der Waals surface area contributed by atoms with Crippen molar-refractivity contribution < 1.29 is 19.1 Å². The fourth-order valence-corrected chi connectivity index (χ4v) is 6.13. The van der Waals surface area contributed by atoms with Gasteiger partial charge in [-0.1, -0.05) is 47.5 Å². The summed E-state index contributed by atoms with van der Waals surface area (Å²) in [6.45, 7) is 8.44. The number of urea groups is 1. The molecule has 220 valence electrons. The maximum absolute atomic E-state index is 14.7. The molecule has 3 aromatic rings. The number of aliphatic imine (C=N–C) groups is 1. The zero-order valence-corrected chi connectivity index (χ0v) is 26.0. The van der Waals surface area contributed by atoms with Crippen LogP contribution in [-0.4, -0.2) is 53.8 Å². The number of amides is 2. The number of hydrogen-bond donors (Lipinski definition) is 0. The Labute approximate surface area is 257 Å². The van der Waals surface area contributed by atoms with Crippen molar-refractivity contribution in [1.82, 2.24) is 9.80 Å². The highest BCUT2D eigenvalue weighted by atomic mass is 35.5. The molecule has 2 amide bonds. The number of amidine groups is 1. The van der Waals surface area contributed by atoms with Gasteiger partial charge in [0.15, 0.2) is 5.78 Å². The van der Waals surface area contributed by atoms with Crippen molar-refractivity contribution >= 4 is 40.9 Å². The van der Waals surface area contributed by atoms with Crippen LogP contribution < -0.4 is 9.47 Å². The van der Waals surface area contributed by atoms with Gasteiger partial charge in [0.25, 0.3) is 0 Å². The minimum atomic E-state index is -1.05. The molecule has 0 aromatic heterocycles. The van der Waals surface area contributed by atoms with E-state index in [9.17, 15) is 9.59 Å². The van der Waals surface area contributed by atoms with E-state index in [1.54, 1.807) is 16.9 Å². The summed E-state index contributed by atoms with van der Waals surface area (Å²) in [5, 5.41) is 1.18. The number of hydrogen-bond acceptors (Lipinski definition) is 5.